The highest BCUT2D eigenvalue weighted by atomic mass is 16.5. The summed E-state index contributed by atoms with van der Waals surface area (Å²) in [5, 5.41) is 9.71. The number of nitrogens with zero attached hydrogens (tertiary/aromatic N) is 1. The van der Waals surface area contributed by atoms with Gasteiger partial charge in [0.2, 0.25) is 5.88 Å². The van der Waals surface area contributed by atoms with Gasteiger partial charge in [0.1, 0.15) is 23.2 Å². The molecule has 2 N–H and O–H groups in total. The van der Waals surface area contributed by atoms with Gasteiger partial charge in [-0.15, -0.1) is 0 Å². The molecule has 6 nitrogen and oxygen atoms in total. The first kappa shape index (κ1) is 19.1. The van der Waals surface area contributed by atoms with Crippen molar-refractivity contribution < 1.29 is 19.0 Å². The van der Waals surface area contributed by atoms with Gasteiger partial charge in [-0.2, -0.15) is 5.26 Å². The first-order valence-corrected chi connectivity index (χ1v) is 8.79. The third kappa shape index (κ3) is 3.55. The molecule has 0 saturated carbocycles. The quantitative estimate of drug-likeness (QED) is 0.803. The Labute approximate surface area is 163 Å². The second-order valence-electron chi connectivity index (χ2n) is 6.03. The largest absolute Gasteiger partial charge is 0.497 e. The van der Waals surface area contributed by atoms with Crippen molar-refractivity contribution in [2.75, 3.05) is 13.7 Å². The third-order valence-corrected chi connectivity index (χ3v) is 4.40. The lowest BCUT2D eigenvalue weighted by Gasteiger charge is -2.28. The molecule has 6 heteroatoms. The van der Waals surface area contributed by atoms with Gasteiger partial charge in [0.25, 0.3) is 0 Å². The van der Waals surface area contributed by atoms with E-state index in [9.17, 15) is 10.1 Å². The average molecular weight is 376 g/mol. The molecule has 0 amide bonds. The Morgan fingerprint density at radius 2 is 1.86 bits per heavy atom. The first-order valence-electron chi connectivity index (χ1n) is 8.79. The molecule has 0 radical (unpaired) electrons. The second kappa shape index (κ2) is 8.31. The second-order valence-corrected chi connectivity index (χ2v) is 6.03. The van der Waals surface area contributed by atoms with Crippen LogP contribution in [-0.2, 0) is 14.3 Å². The standard InChI is InChI=1S/C22H20N2O4/c1-3-27-22(25)19-18(14-9-11-16(26-2)12-10-14)17(13-23)21(24)28-20(19)15-7-5-4-6-8-15/h4-12,18H,3,24H2,1-2H3/t18-/m1/s1. The number of rotatable bonds is 5. The Balaban J connectivity index is 2.24. The molecule has 1 atom stereocenters. The molecule has 0 aliphatic carbocycles. The van der Waals surface area contributed by atoms with Gasteiger partial charge in [-0.3, -0.25) is 0 Å². The lowest BCUT2D eigenvalue weighted by atomic mass is 9.82. The predicted molar refractivity (Wildman–Crippen MR) is 104 cm³/mol. The van der Waals surface area contributed by atoms with E-state index in [0.717, 1.165) is 0 Å². The number of allylic oxidation sites excluding steroid dienone is 1. The van der Waals surface area contributed by atoms with E-state index >= 15 is 0 Å². The van der Waals surface area contributed by atoms with Crippen molar-refractivity contribution in [3.8, 4) is 11.8 Å². The maximum absolute atomic E-state index is 12.9. The maximum atomic E-state index is 12.9. The number of nitrogens with two attached hydrogens (primary N) is 1. The summed E-state index contributed by atoms with van der Waals surface area (Å²) in [6.07, 6.45) is 0. The smallest absolute Gasteiger partial charge is 0.338 e. The van der Waals surface area contributed by atoms with Crippen molar-refractivity contribution in [1.82, 2.24) is 0 Å². The van der Waals surface area contributed by atoms with Gasteiger partial charge in [0, 0.05) is 5.56 Å². The van der Waals surface area contributed by atoms with Gasteiger partial charge in [-0.25, -0.2) is 4.79 Å². The monoisotopic (exact) mass is 376 g/mol. The highest BCUT2D eigenvalue weighted by molar-refractivity contribution is 5.99. The number of nitriles is 1. The van der Waals surface area contributed by atoms with E-state index in [4.69, 9.17) is 19.9 Å². The Kier molecular flexibility index (Phi) is 5.66. The van der Waals surface area contributed by atoms with Crippen LogP contribution in [0.4, 0.5) is 0 Å². The molecule has 142 valence electrons. The van der Waals surface area contributed by atoms with E-state index in [-0.39, 0.29) is 29.4 Å². The fourth-order valence-corrected chi connectivity index (χ4v) is 3.11. The first-order chi connectivity index (χ1) is 13.6. The van der Waals surface area contributed by atoms with Crippen LogP contribution in [0.15, 0.2) is 71.6 Å². The highest BCUT2D eigenvalue weighted by Gasteiger charge is 2.38. The van der Waals surface area contributed by atoms with Gasteiger partial charge < -0.3 is 19.9 Å². The van der Waals surface area contributed by atoms with E-state index < -0.39 is 11.9 Å². The topological polar surface area (TPSA) is 94.6 Å². The van der Waals surface area contributed by atoms with Gasteiger partial charge in [-0.05, 0) is 24.6 Å². The van der Waals surface area contributed by atoms with E-state index in [2.05, 4.69) is 6.07 Å². The molecule has 1 aliphatic heterocycles. The number of carbonyl (C=O) groups excluding carboxylic acids is 1. The summed E-state index contributed by atoms with van der Waals surface area (Å²) in [5.41, 5.74) is 7.84. The van der Waals surface area contributed by atoms with Crippen LogP contribution in [0.5, 0.6) is 5.75 Å². The van der Waals surface area contributed by atoms with Crippen molar-refractivity contribution >= 4 is 11.7 Å². The number of hydrogen-bond acceptors (Lipinski definition) is 6. The van der Waals surface area contributed by atoms with Crippen molar-refractivity contribution in [2.24, 2.45) is 5.73 Å². The van der Waals surface area contributed by atoms with Crippen molar-refractivity contribution in [1.29, 1.82) is 5.26 Å². The summed E-state index contributed by atoms with van der Waals surface area (Å²) >= 11 is 0. The molecule has 0 unspecified atom stereocenters. The highest BCUT2D eigenvalue weighted by Crippen LogP contribution is 2.43. The zero-order valence-corrected chi connectivity index (χ0v) is 15.6. The van der Waals surface area contributed by atoms with E-state index in [0.29, 0.717) is 16.9 Å². The molecule has 1 aliphatic rings. The Hall–Kier alpha value is -3.72. The zero-order valence-electron chi connectivity index (χ0n) is 15.6. The van der Waals surface area contributed by atoms with Gasteiger partial charge in [0.15, 0.2) is 0 Å². The maximum Gasteiger partial charge on any atom is 0.338 e. The Morgan fingerprint density at radius 3 is 2.43 bits per heavy atom. The van der Waals surface area contributed by atoms with Gasteiger partial charge in [0.05, 0.1) is 25.2 Å². The Bertz CT molecular complexity index is 970. The average Bonchev–Trinajstić information content (AvgIpc) is 2.73. The lowest BCUT2D eigenvalue weighted by Crippen LogP contribution is -2.25. The van der Waals surface area contributed by atoms with Crippen LogP contribution in [0, 0.1) is 11.3 Å². The molecule has 0 aromatic heterocycles. The van der Waals surface area contributed by atoms with E-state index in [1.165, 1.54) is 0 Å². The number of ether oxygens (including phenoxy) is 3. The SMILES string of the molecule is CCOC(=O)C1=C(c2ccccc2)OC(N)=C(C#N)[C@H]1c1ccc(OC)cc1. The fourth-order valence-electron chi connectivity index (χ4n) is 3.11. The molecule has 0 bridgehead atoms. The van der Waals surface area contributed by atoms with Gasteiger partial charge >= 0.3 is 5.97 Å². The minimum atomic E-state index is -0.709. The molecule has 0 saturated heterocycles. The molecule has 0 spiro atoms. The Morgan fingerprint density at radius 1 is 1.18 bits per heavy atom. The third-order valence-electron chi connectivity index (χ3n) is 4.40. The summed E-state index contributed by atoms with van der Waals surface area (Å²) in [6, 6.07) is 18.3. The van der Waals surface area contributed by atoms with E-state index in [1.54, 1.807) is 38.3 Å². The summed E-state index contributed by atoms with van der Waals surface area (Å²) in [4.78, 5) is 12.9. The minimum absolute atomic E-state index is 0.0322. The number of benzene rings is 2. The van der Waals surface area contributed by atoms with Crippen molar-refractivity contribution in [3.63, 3.8) is 0 Å². The summed E-state index contributed by atoms with van der Waals surface area (Å²) in [5.74, 6) is -0.343. The molecular formula is C22H20N2O4. The summed E-state index contributed by atoms with van der Waals surface area (Å²) in [6.45, 7) is 1.92. The van der Waals surface area contributed by atoms with Crippen molar-refractivity contribution in [3.05, 3.63) is 82.8 Å². The van der Waals surface area contributed by atoms with Crippen LogP contribution in [-0.4, -0.2) is 19.7 Å². The zero-order chi connectivity index (χ0) is 20.1. The molecule has 2 aromatic rings. The number of hydrogen-bond donors (Lipinski definition) is 1. The molecule has 1 heterocycles. The molecule has 2 aromatic carbocycles. The number of carbonyl (C=O) groups is 1. The number of methoxy groups -OCH3 is 1. The predicted octanol–water partition coefficient (Wildman–Crippen LogP) is 3.48. The molecule has 0 fully saturated rings. The molecule has 28 heavy (non-hydrogen) atoms. The fraction of sp³-hybridized carbons (Fsp3) is 0.182. The molecule has 3 rings (SSSR count). The molecular weight excluding hydrogens is 356 g/mol. The number of esters is 1. The van der Waals surface area contributed by atoms with Crippen molar-refractivity contribution in [2.45, 2.75) is 12.8 Å². The lowest BCUT2D eigenvalue weighted by molar-refractivity contribution is -0.138. The van der Waals surface area contributed by atoms with Crippen LogP contribution in [0.25, 0.3) is 5.76 Å². The normalized spacial score (nSPS) is 16.2. The van der Waals surface area contributed by atoms with Crippen LogP contribution >= 0.6 is 0 Å². The van der Waals surface area contributed by atoms with Crippen LogP contribution in [0.1, 0.15) is 24.0 Å². The van der Waals surface area contributed by atoms with Crippen LogP contribution in [0.2, 0.25) is 0 Å². The minimum Gasteiger partial charge on any atom is -0.497 e. The van der Waals surface area contributed by atoms with E-state index in [1.807, 2.05) is 30.3 Å². The van der Waals surface area contributed by atoms with Crippen LogP contribution < -0.4 is 10.5 Å². The van der Waals surface area contributed by atoms with Crippen LogP contribution in [0.3, 0.4) is 0 Å². The summed E-state index contributed by atoms with van der Waals surface area (Å²) in [7, 11) is 1.57. The summed E-state index contributed by atoms with van der Waals surface area (Å²) < 4.78 is 16.2. The van der Waals surface area contributed by atoms with Gasteiger partial charge in [-0.1, -0.05) is 42.5 Å².